The van der Waals surface area contributed by atoms with Crippen LogP contribution >= 0.6 is 0 Å². The molecule has 1 aliphatic carbocycles. The van der Waals surface area contributed by atoms with Crippen molar-refractivity contribution in [3.63, 3.8) is 0 Å². The van der Waals surface area contributed by atoms with Gasteiger partial charge in [-0.3, -0.25) is 0 Å². The third-order valence-corrected chi connectivity index (χ3v) is 5.05. The molecule has 1 fully saturated rings. The van der Waals surface area contributed by atoms with Crippen molar-refractivity contribution in [2.75, 3.05) is 0 Å². The predicted molar refractivity (Wildman–Crippen MR) is 88.0 cm³/mol. The van der Waals surface area contributed by atoms with Gasteiger partial charge in [-0.2, -0.15) is 0 Å². The third-order valence-electron chi connectivity index (χ3n) is 5.05. The number of hydrogen-bond acceptors (Lipinski definition) is 1. The van der Waals surface area contributed by atoms with Crippen molar-refractivity contribution in [2.45, 2.75) is 77.8 Å². The molecule has 0 aliphatic heterocycles. The minimum Gasteiger partial charge on any atom is -0.307 e. The van der Waals surface area contributed by atoms with Crippen molar-refractivity contribution in [3.8, 4) is 0 Å². The monoisotopic (exact) mass is 273 g/mol. The van der Waals surface area contributed by atoms with Crippen molar-refractivity contribution in [3.05, 3.63) is 35.4 Å². The molecular weight excluding hydrogens is 242 g/mol. The molecule has 0 amide bonds. The van der Waals surface area contributed by atoms with Crippen LogP contribution in [-0.2, 0) is 6.42 Å². The number of hydrogen-bond donors (Lipinski definition) is 1. The second kappa shape index (κ2) is 7.83. The zero-order valence-electron chi connectivity index (χ0n) is 13.5. The molecule has 1 aromatic carbocycles. The molecule has 0 spiro atoms. The van der Waals surface area contributed by atoms with Gasteiger partial charge in [0.1, 0.15) is 0 Å². The van der Waals surface area contributed by atoms with E-state index in [9.17, 15) is 0 Å². The summed E-state index contributed by atoms with van der Waals surface area (Å²) in [6.07, 6.45) is 9.24. The standard InChI is InChI=1S/C19H31N/c1-4-15-11-13-17(14-12-15)18(6-3)20-19-10-8-7-9-16(19)5-2/h11-14,16,18-20H,4-10H2,1-3H3. The van der Waals surface area contributed by atoms with E-state index in [-0.39, 0.29) is 0 Å². The van der Waals surface area contributed by atoms with E-state index in [0.29, 0.717) is 6.04 Å². The lowest BCUT2D eigenvalue weighted by atomic mass is 9.82. The van der Waals surface area contributed by atoms with Gasteiger partial charge < -0.3 is 5.32 Å². The van der Waals surface area contributed by atoms with E-state index in [1.54, 1.807) is 0 Å². The molecule has 0 saturated heterocycles. The first-order valence-corrected chi connectivity index (χ1v) is 8.63. The summed E-state index contributed by atoms with van der Waals surface area (Å²) in [5.74, 6) is 0.882. The summed E-state index contributed by atoms with van der Waals surface area (Å²) in [5.41, 5.74) is 2.90. The Morgan fingerprint density at radius 2 is 1.75 bits per heavy atom. The molecule has 1 N–H and O–H groups in total. The van der Waals surface area contributed by atoms with E-state index < -0.39 is 0 Å². The zero-order valence-corrected chi connectivity index (χ0v) is 13.5. The topological polar surface area (TPSA) is 12.0 Å². The third kappa shape index (κ3) is 3.85. The minimum atomic E-state index is 0.526. The molecule has 0 radical (unpaired) electrons. The molecule has 1 aliphatic rings. The van der Waals surface area contributed by atoms with Crippen LogP contribution in [0.2, 0.25) is 0 Å². The van der Waals surface area contributed by atoms with Crippen LogP contribution in [0.3, 0.4) is 0 Å². The quantitative estimate of drug-likeness (QED) is 0.745. The lowest BCUT2D eigenvalue weighted by molar-refractivity contribution is 0.235. The molecule has 0 bridgehead atoms. The number of aryl methyl sites for hydroxylation is 1. The molecule has 1 heteroatoms. The van der Waals surface area contributed by atoms with Gasteiger partial charge in [0.25, 0.3) is 0 Å². The van der Waals surface area contributed by atoms with Crippen LogP contribution in [0.1, 0.15) is 76.5 Å². The molecule has 1 nitrogen and oxygen atoms in total. The van der Waals surface area contributed by atoms with Gasteiger partial charge in [-0.15, -0.1) is 0 Å². The molecule has 112 valence electrons. The Kier molecular flexibility index (Phi) is 6.09. The zero-order chi connectivity index (χ0) is 14.4. The van der Waals surface area contributed by atoms with Gasteiger partial charge in [0.2, 0.25) is 0 Å². The van der Waals surface area contributed by atoms with Gasteiger partial charge in [0, 0.05) is 12.1 Å². The molecule has 20 heavy (non-hydrogen) atoms. The molecule has 2 rings (SSSR count). The maximum Gasteiger partial charge on any atom is 0.0320 e. The Morgan fingerprint density at radius 1 is 1.05 bits per heavy atom. The van der Waals surface area contributed by atoms with Crippen LogP contribution in [0.15, 0.2) is 24.3 Å². The van der Waals surface area contributed by atoms with E-state index >= 15 is 0 Å². The second-order valence-electron chi connectivity index (χ2n) is 6.28. The Morgan fingerprint density at radius 3 is 2.35 bits per heavy atom. The normalized spacial score (nSPS) is 24.6. The van der Waals surface area contributed by atoms with Crippen molar-refractivity contribution in [1.82, 2.24) is 5.32 Å². The fraction of sp³-hybridized carbons (Fsp3) is 0.684. The lowest BCUT2D eigenvalue weighted by Gasteiger charge is -2.35. The van der Waals surface area contributed by atoms with E-state index in [0.717, 1.165) is 18.4 Å². The summed E-state index contributed by atoms with van der Waals surface area (Å²) in [6.45, 7) is 6.87. The maximum absolute atomic E-state index is 3.96. The molecular formula is C19H31N. The Balaban J connectivity index is 2.03. The Bertz CT molecular complexity index is 381. The number of benzene rings is 1. The summed E-state index contributed by atoms with van der Waals surface area (Å²) >= 11 is 0. The van der Waals surface area contributed by atoms with Crippen LogP contribution in [0, 0.1) is 5.92 Å². The average Bonchev–Trinajstić information content (AvgIpc) is 2.53. The van der Waals surface area contributed by atoms with Gasteiger partial charge in [0.05, 0.1) is 0 Å². The summed E-state index contributed by atoms with van der Waals surface area (Å²) in [7, 11) is 0. The fourth-order valence-corrected chi connectivity index (χ4v) is 3.61. The highest BCUT2D eigenvalue weighted by atomic mass is 15.0. The van der Waals surface area contributed by atoms with Crippen molar-refractivity contribution < 1.29 is 0 Å². The van der Waals surface area contributed by atoms with Crippen molar-refractivity contribution in [1.29, 1.82) is 0 Å². The average molecular weight is 273 g/mol. The van der Waals surface area contributed by atoms with Crippen LogP contribution in [-0.4, -0.2) is 6.04 Å². The molecule has 3 unspecified atom stereocenters. The van der Waals surface area contributed by atoms with Gasteiger partial charge in [-0.1, -0.05) is 64.3 Å². The minimum absolute atomic E-state index is 0.526. The van der Waals surface area contributed by atoms with Crippen LogP contribution in [0.4, 0.5) is 0 Å². The van der Waals surface area contributed by atoms with Crippen molar-refractivity contribution >= 4 is 0 Å². The number of nitrogens with one attached hydrogen (secondary N) is 1. The number of rotatable bonds is 6. The maximum atomic E-state index is 3.96. The van der Waals surface area contributed by atoms with Crippen LogP contribution < -0.4 is 5.32 Å². The van der Waals surface area contributed by atoms with Gasteiger partial charge in [0.15, 0.2) is 0 Å². The molecule has 3 atom stereocenters. The van der Waals surface area contributed by atoms with Crippen molar-refractivity contribution in [2.24, 2.45) is 5.92 Å². The summed E-state index contributed by atoms with van der Waals surface area (Å²) in [5, 5.41) is 3.96. The SMILES string of the molecule is CCc1ccc(C(CC)NC2CCCCC2CC)cc1. The van der Waals surface area contributed by atoms with Crippen LogP contribution in [0.25, 0.3) is 0 Å². The first-order valence-electron chi connectivity index (χ1n) is 8.63. The molecule has 0 aromatic heterocycles. The predicted octanol–water partition coefficient (Wildman–Crippen LogP) is 5.26. The Hall–Kier alpha value is -0.820. The largest absolute Gasteiger partial charge is 0.307 e. The van der Waals surface area contributed by atoms with Gasteiger partial charge in [-0.25, -0.2) is 0 Å². The fourth-order valence-electron chi connectivity index (χ4n) is 3.61. The highest BCUT2D eigenvalue weighted by Gasteiger charge is 2.25. The summed E-state index contributed by atoms with van der Waals surface area (Å²) in [6, 6.07) is 10.5. The van der Waals surface area contributed by atoms with Gasteiger partial charge in [-0.05, 0) is 42.7 Å². The first kappa shape index (κ1) is 15.6. The molecule has 1 aromatic rings. The smallest absolute Gasteiger partial charge is 0.0320 e. The first-order chi connectivity index (χ1) is 9.78. The lowest BCUT2D eigenvalue weighted by Crippen LogP contribution is -2.40. The van der Waals surface area contributed by atoms with Gasteiger partial charge >= 0.3 is 0 Å². The molecule has 0 heterocycles. The summed E-state index contributed by atoms with van der Waals surface area (Å²) < 4.78 is 0. The van der Waals surface area contributed by atoms with Crippen LogP contribution in [0.5, 0.6) is 0 Å². The highest BCUT2D eigenvalue weighted by Crippen LogP contribution is 2.29. The summed E-state index contributed by atoms with van der Waals surface area (Å²) in [4.78, 5) is 0. The van der Waals surface area contributed by atoms with E-state index in [4.69, 9.17) is 0 Å². The highest BCUT2D eigenvalue weighted by molar-refractivity contribution is 5.25. The molecule has 1 saturated carbocycles. The Labute approximate surface area is 125 Å². The van der Waals surface area contributed by atoms with E-state index in [1.807, 2.05) is 0 Å². The van der Waals surface area contributed by atoms with E-state index in [2.05, 4.69) is 50.4 Å². The second-order valence-corrected chi connectivity index (χ2v) is 6.28. The van der Waals surface area contributed by atoms with E-state index in [1.165, 1.54) is 49.7 Å².